The number of aromatic nitrogens is 3. The van der Waals surface area contributed by atoms with Crippen LogP contribution in [0.5, 0.6) is 5.75 Å². The molecule has 2 N–H and O–H groups in total. The van der Waals surface area contributed by atoms with Crippen LogP contribution < -0.4 is 15.4 Å². The Hall–Kier alpha value is -3.22. The lowest BCUT2D eigenvalue weighted by Gasteiger charge is -2.08. The number of halogens is 1. The minimum atomic E-state index is -0.202. The van der Waals surface area contributed by atoms with Crippen LogP contribution in [0.1, 0.15) is 11.1 Å². The van der Waals surface area contributed by atoms with Gasteiger partial charge in [-0.3, -0.25) is 0 Å². The van der Waals surface area contributed by atoms with E-state index in [1.165, 1.54) is 11.6 Å². The summed E-state index contributed by atoms with van der Waals surface area (Å²) in [6.07, 6.45) is 2.98. The Morgan fingerprint density at radius 3 is 2.52 bits per heavy atom. The highest BCUT2D eigenvalue weighted by Crippen LogP contribution is 2.12. The van der Waals surface area contributed by atoms with E-state index in [0.29, 0.717) is 30.3 Å². The summed E-state index contributed by atoms with van der Waals surface area (Å²) < 4.78 is 18.8. The maximum atomic E-state index is 13.6. The highest BCUT2D eigenvalue weighted by Gasteiger charge is 2.03. The van der Waals surface area contributed by atoms with Crippen LogP contribution in [0.2, 0.25) is 0 Å². The molecule has 0 bridgehead atoms. The van der Waals surface area contributed by atoms with E-state index in [1.54, 1.807) is 25.4 Å². The van der Waals surface area contributed by atoms with Crippen LogP contribution in [0.25, 0.3) is 0 Å². The summed E-state index contributed by atoms with van der Waals surface area (Å²) in [7, 11) is 1.65. The summed E-state index contributed by atoms with van der Waals surface area (Å²) in [5.74, 6) is 1.71. The normalized spacial score (nSPS) is 10.4. The molecule has 0 saturated carbocycles. The van der Waals surface area contributed by atoms with Gasteiger partial charge in [-0.2, -0.15) is 10.1 Å². The van der Waals surface area contributed by atoms with Crippen molar-refractivity contribution in [1.29, 1.82) is 0 Å². The lowest BCUT2D eigenvalue weighted by molar-refractivity contribution is 0.414. The predicted octanol–water partition coefficient (Wildman–Crippen LogP) is 3.33. The summed E-state index contributed by atoms with van der Waals surface area (Å²) in [5.41, 5.74) is 1.86. The van der Waals surface area contributed by atoms with Gasteiger partial charge in [-0.15, -0.1) is 5.10 Å². The Balaban J connectivity index is 1.46. The number of rotatable bonds is 9. The molecule has 0 atom stereocenters. The number of anilines is 2. The van der Waals surface area contributed by atoms with Gasteiger partial charge in [0.15, 0.2) is 5.82 Å². The van der Waals surface area contributed by atoms with Crippen molar-refractivity contribution in [3.63, 3.8) is 0 Å². The second kappa shape index (κ2) is 9.47. The molecule has 0 amide bonds. The molecular weight excluding hydrogens is 345 g/mol. The lowest BCUT2D eigenvalue weighted by Crippen LogP contribution is -2.12. The molecule has 0 aliphatic rings. The number of nitrogens with zero attached hydrogens (tertiary/aromatic N) is 3. The van der Waals surface area contributed by atoms with Crippen molar-refractivity contribution in [1.82, 2.24) is 15.2 Å². The number of benzene rings is 2. The van der Waals surface area contributed by atoms with Crippen molar-refractivity contribution in [3.8, 4) is 5.75 Å². The van der Waals surface area contributed by atoms with E-state index in [1.807, 2.05) is 30.3 Å². The van der Waals surface area contributed by atoms with E-state index in [-0.39, 0.29) is 5.82 Å². The van der Waals surface area contributed by atoms with E-state index in [2.05, 4.69) is 25.8 Å². The summed E-state index contributed by atoms with van der Waals surface area (Å²) in [5, 5.41) is 14.2. The molecule has 27 heavy (non-hydrogen) atoms. The molecule has 0 unspecified atom stereocenters. The average molecular weight is 367 g/mol. The number of nitrogens with one attached hydrogen (secondary N) is 2. The largest absolute Gasteiger partial charge is 0.497 e. The van der Waals surface area contributed by atoms with Gasteiger partial charge in [0, 0.05) is 13.1 Å². The van der Waals surface area contributed by atoms with Crippen LogP contribution in [0, 0.1) is 5.82 Å². The summed E-state index contributed by atoms with van der Waals surface area (Å²) in [6, 6.07) is 14.7. The van der Waals surface area contributed by atoms with Crippen molar-refractivity contribution in [2.24, 2.45) is 0 Å². The third-order valence-electron chi connectivity index (χ3n) is 4.07. The molecule has 1 aromatic heterocycles. The molecule has 0 aliphatic heterocycles. The van der Waals surface area contributed by atoms with Crippen LogP contribution in [0.4, 0.5) is 16.2 Å². The average Bonchev–Trinajstić information content (AvgIpc) is 2.70. The van der Waals surface area contributed by atoms with E-state index in [0.717, 1.165) is 18.7 Å². The molecule has 0 spiro atoms. The van der Waals surface area contributed by atoms with Crippen LogP contribution in [-0.2, 0) is 12.8 Å². The SMILES string of the molecule is COc1ccc(CCNc2cnnc(NCCc3ccccc3F)n2)cc1. The number of hydrogen-bond donors (Lipinski definition) is 2. The van der Waals surface area contributed by atoms with Gasteiger partial charge in [0.05, 0.1) is 13.3 Å². The summed E-state index contributed by atoms with van der Waals surface area (Å²) >= 11 is 0. The van der Waals surface area contributed by atoms with Crippen LogP contribution in [-0.4, -0.2) is 35.4 Å². The van der Waals surface area contributed by atoms with E-state index < -0.39 is 0 Å². The van der Waals surface area contributed by atoms with Crippen molar-refractivity contribution < 1.29 is 9.13 Å². The lowest BCUT2D eigenvalue weighted by atomic mass is 10.1. The second-order valence-electron chi connectivity index (χ2n) is 5.96. The summed E-state index contributed by atoms with van der Waals surface area (Å²) in [6.45, 7) is 1.25. The van der Waals surface area contributed by atoms with Gasteiger partial charge in [0.1, 0.15) is 11.6 Å². The molecule has 140 valence electrons. The number of ether oxygens (including phenoxy) is 1. The minimum Gasteiger partial charge on any atom is -0.497 e. The molecule has 7 heteroatoms. The fourth-order valence-corrected chi connectivity index (χ4v) is 2.60. The fourth-order valence-electron chi connectivity index (χ4n) is 2.60. The zero-order valence-corrected chi connectivity index (χ0v) is 15.2. The smallest absolute Gasteiger partial charge is 0.244 e. The first-order valence-electron chi connectivity index (χ1n) is 8.78. The number of hydrogen-bond acceptors (Lipinski definition) is 6. The van der Waals surface area contributed by atoms with Gasteiger partial charge in [0.2, 0.25) is 5.95 Å². The van der Waals surface area contributed by atoms with Gasteiger partial charge >= 0.3 is 0 Å². The number of methoxy groups -OCH3 is 1. The van der Waals surface area contributed by atoms with Crippen molar-refractivity contribution in [3.05, 3.63) is 71.7 Å². The van der Waals surface area contributed by atoms with Gasteiger partial charge in [-0.1, -0.05) is 30.3 Å². The Kier molecular flexibility index (Phi) is 6.51. The van der Waals surface area contributed by atoms with Crippen molar-refractivity contribution in [2.75, 3.05) is 30.8 Å². The van der Waals surface area contributed by atoms with Crippen LogP contribution >= 0.6 is 0 Å². The van der Waals surface area contributed by atoms with Crippen LogP contribution in [0.3, 0.4) is 0 Å². The van der Waals surface area contributed by atoms with Gasteiger partial charge in [-0.05, 0) is 42.2 Å². The highest BCUT2D eigenvalue weighted by molar-refractivity contribution is 5.37. The van der Waals surface area contributed by atoms with Gasteiger partial charge in [0.25, 0.3) is 0 Å². The zero-order chi connectivity index (χ0) is 18.9. The first kappa shape index (κ1) is 18.6. The fraction of sp³-hybridized carbons (Fsp3) is 0.250. The molecule has 2 aromatic carbocycles. The quantitative estimate of drug-likeness (QED) is 0.604. The Morgan fingerprint density at radius 2 is 1.74 bits per heavy atom. The first-order valence-corrected chi connectivity index (χ1v) is 8.78. The maximum absolute atomic E-state index is 13.6. The maximum Gasteiger partial charge on any atom is 0.244 e. The monoisotopic (exact) mass is 367 g/mol. The third-order valence-corrected chi connectivity index (χ3v) is 4.07. The first-order chi connectivity index (χ1) is 13.2. The molecule has 6 nitrogen and oxygen atoms in total. The van der Waals surface area contributed by atoms with E-state index >= 15 is 0 Å². The Labute approximate surface area is 157 Å². The Morgan fingerprint density at radius 1 is 0.963 bits per heavy atom. The zero-order valence-electron chi connectivity index (χ0n) is 15.2. The van der Waals surface area contributed by atoms with E-state index in [4.69, 9.17) is 4.74 Å². The van der Waals surface area contributed by atoms with Crippen molar-refractivity contribution >= 4 is 11.8 Å². The molecule has 0 saturated heterocycles. The molecule has 1 heterocycles. The Bertz CT molecular complexity index is 857. The molecule has 3 rings (SSSR count). The standard InChI is InChI=1S/C20H22FN5O/c1-27-17-8-6-15(7-9-17)10-12-22-19-14-24-26-20(25-19)23-13-11-16-4-2-3-5-18(16)21/h2-9,14H,10-13H2,1H3,(H2,22,23,25,26). The predicted molar refractivity (Wildman–Crippen MR) is 104 cm³/mol. The van der Waals surface area contributed by atoms with Crippen LogP contribution in [0.15, 0.2) is 54.7 Å². The molecular formula is C20H22FN5O. The van der Waals surface area contributed by atoms with E-state index in [9.17, 15) is 4.39 Å². The summed E-state index contributed by atoms with van der Waals surface area (Å²) in [4.78, 5) is 4.38. The molecule has 3 aromatic rings. The minimum absolute atomic E-state index is 0.202. The molecule has 0 fully saturated rings. The van der Waals surface area contributed by atoms with Gasteiger partial charge in [-0.25, -0.2) is 4.39 Å². The van der Waals surface area contributed by atoms with Gasteiger partial charge < -0.3 is 15.4 Å². The topological polar surface area (TPSA) is 72.0 Å². The molecule has 0 radical (unpaired) electrons. The second-order valence-corrected chi connectivity index (χ2v) is 5.96. The third kappa shape index (κ3) is 5.64. The molecule has 0 aliphatic carbocycles. The highest BCUT2D eigenvalue weighted by atomic mass is 19.1. The van der Waals surface area contributed by atoms with Crippen molar-refractivity contribution in [2.45, 2.75) is 12.8 Å².